The average Bonchev–Trinajstić information content (AvgIpc) is 2.76. The largest absolute Gasteiger partial charge is 0.385 e. The lowest BCUT2D eigenvalue weighted by atomic mass is 9.67. The summed E-state index contributed by atoms with van der Waals surface area (Å²) in [6.07, 6.45) is 3.46. The van der Waals surface area contributed by atoms with Gasteiger partial charge in [-0.3, -0.25) is 4.79 Å². The number of benzene rings is 1. The van der Waals surface area contributed by atoms with Gasteiger partial charge in [-0.15, -0.1) is 0 Å². The van der Waals surface area contributed by atoms with Crippen molar-refractivity contribution in [1.82, 2.24) is 0 Å². The van der Waals surface area contributed by atoms with Gasteiger partial charge >= 0.3 is 0 Å². The quantitative estimate of drug-likeness (QED) is 0.851. The summed E-state index contributed by atoms with van der Waals surface area (Å²) in [6, 6.07) is 12.1. The summed E-state index contributed by atoms with van der Waals surface area (Å²) < 4.78 is 0. The molecule has 3 unspecified atom stereocenters. The van der Waals surface area contributed by atoms with Crippen LogP contribution in [-0.2, 0) is 10.4 Å². The zero-order chi connectivity index (χ0) is 16.0. The van der Waals surface area contributed by atoms with E-state index in [4.69, 9.17) is 0 Å². The molecule has 3 rings (SSSR count). The second kappa shape index (κ2) is 5.07. The Labute approximate surface area is 131 Å². The Bertz CT molecular complexity index is 672. The van der Waals surface area contributed by atoms with Crippen LogP contribution in [0.2, 0.25) is 0 Å². The van der Waals surface area contributed by atoms with E-state index >= 15 is 0 Å². The Morgan fingerprint density at radius 1 is 1.41 bits per heavy atom. The number of carbonyl (C=O) groups excluding carboxylic acids is 1. The monoisotopic (exact) mass is 295 g/mol. The number of aliphatic hydroxyl groups is 1. The van der Waals surface area contributed by atoms with Crippen LogP contribution in [0.5, 0.6) is 0 Å². The van der Waals surface area contributed by atoms with E-state index in [9.17, 15) is 15.2 Å². The molecule has 1 aromatic rings. The third-order valence-corrected chi connectivity index (χ3v) is 5.41. The Balaban J connectivity index is 2.10. The molecule has 22 heavy (non-hydrogen) atoms. The number of rotatable bonds is 2. The summed E-state index contributed by atoms with van der Waals surface area (Å²) in [4.78, 5) is 11.6. The molecule has 0 radical (unpaired) electrons. The average molecular weight is 295 g/mol. The minimum Gasteiger partial charge on any atom is -0.385 e. The first kappa shape index (κ1) is 15.0. The topological polar surface area (TPSA) is 61.1 Å². The molecule has 2 saturated carbocycles. The lowest BCUT2D eigenvalue weighted by molar-refractivity contribution is -0.112. The van der Waals surface area contributed by atoms with Gasteiger partial charge < -0.3 is 5.11 Å². The Morgan fingerprint density at radius 2 is 2.09 bits per heavy atom. The number of hydrogen-bond donors (Lipinski definition) is 1. The highest BCUT2D eigenvalue weighted by molar-refractivity contribution is 5.88. The van der Waals surface area contributed by atoms with E-state index in [1.165, 1.54) is 6.92 Å². The summed E-state index contributed by atoms with van der Waals surface area (Å²) in [6.45, 7) is 3.58. The summed E-state index contributed by atoms with van der Waals surface area (Å²) in [5.41, 5.74) is 0.106. The highest BCUT2D eigenvalue weighted by atomic mass is 16.3. The van der Waals surface area contributed by atoms with Gasteiger partial charge in [-0.2, -0.15) is 5.26 Å². The van der Waals surface area contributed by atoms with Crippen LogP contribution in [-0.4, -0.2) is 10.9 Å². The van der Waals surface area contributed by atoms with Crippen molar-refractivity contribution in [2.75, 3.05) is 0 Å². The summed E-state index contributed by atoms with van der Waals surface area (Å²) >= 11 is 0. The highest BCUT2D eigenvalue weighted by Gasteiger charge is 2.60. The minimum absolute atomic E-state index is 0.0231. The number of allylic oxidation sites excluding steroid dienone is 2. The van der Waals surface area contributed by atoms with Crippen molar-refractivity contribution in [3.05, 3.63) is 47.5 Å². The first-order valence-corrected chi connectivity index (χ1v) is 7.83. The molecule has 114 valence electrons. The molecule has 3 heteroatoms. The zero-order valence-corrected chi connectivity index (χ0v) is 13.0. The van der Waals surface area contributed by atoms with E-state index in [0.29, 0.717) is 12.8 Å². The van der Waals surface area contributed by atoms with Crippen molar-refractivity contribution in [2.45, 2.75) is 38.7 Å². The molecule has 0 aromatic heterocycles. The van der Waals surface area contributed by atoms with Gasteiger partial charge in [-0.1, -0.05) is 37.3 Å². The highest BCUT2D eigenvalue weighted by Crippen LogP contribution is 2.63. The van der Waals surface area contributed by atoms with E-state index in [1.54, 1.807) is 6.08 Å². The van der Waals surface area contributed by atoms with Gasteiger partial charge in [0.25, 0.3) is 0 Å². The van der Waals surface area contributed by atoms with Crippen LogP contribution < -0.4 is 0 Å². The molecule has 1 N–H and O–H groups in total. The van der Waals surface area contributed by atoms with Crippen LogP contribution in [0.3, 0.4) is 0 Å². The molecule has 2 aliphatic rings. The van der Waals surface area contributed by atoms with E-state index in [2.05, 4.69) is 13.0 Å². The first-order valence-electron chi connectivity index (χ1n) is 7.83. The number of nitriles is 1. The Kier molecular flexibility index (Phi) is 3.45. The zero-order valence-electron chi connectivity index (χ0n) is 13.0. The van der Waals surface area contributed by atoms with Gasteiger partial charge in [-0.25, -0.2) is 0 Å². The van der Waals surface area contributed by atoms with Gasteiger partial charge in [0.1, 0.15) is 0 Å². The molecule has 0 amide bonds. The molecule has 4 atom stereocenters. The maximum atomic E-state index is 11.6. The van der Waals surface area contributed by atoms with Gasteiger partial charge in [0.05, 0.1) is 17.1 Å². The van der Waals surface area contributed by atoms with Gasteiger partial charge in [0.15, 0.2) is 5.78 Å². The third kappa shape index (κ3) is 2.10. The Morgan fingerprint density at radius 3 is 2.68 bits per heavy atom. The summed E-state index contributed by atoms with van der Waals surface area (Å²) in [5.74, 6) is 0.193. The lowest BCUT2D eigenvalue weighted by Gasteiger charge is -2.35. The molecular formula is C19H21NO2. The predicted octanol–water partition coefficient (Wildman–Crippen LogP) is 3.35. The van der Waals surface area contributed by atoms with Gasteiger partial charge in [0.2, 0.25) is 0 Å². The molecule has 3 nitrogen and oxygen atoms in total. The molecule has 0 spiro atoms. The molecular weight excluding hydrogens is 274 g/mol. The number of nitrogens with zero attached hydrogens (tertiary/aromatic N) is 1. The minimum atomic E-state index is -0.975. The van der Waals surface area contributed by atoms with Crippen LogP contribution in [0.25, 0.3) is 0 Å². The third-order valence-electron chi connectivity index (χ3n) is 5.41. The maximum absolute atomic E-state index is 11.6. The fourth-order valence-electron chi connectivity index (χ4n) is 4.50. The predicted molar refractivity (Wildman–Crippen MR) is 83.7 cm³/mol. The van der Waals surface area contributed by atoms with E-state index < -0.39 is 11.0 Å². The SMILES string of the molecule is CC(=O)/C=C1\C(C)CC2C[C@@]1(C#N)CC2(O)c1ccccc1. The number of hydrogen-bond acceptors (Lipinski definition) is 3. The smallest absolute Gasteiger partial charge is 0.152 e. The lowest BCUT2D eigenvalue weighted by Crippen LogP contribution is -2.31. The van der Waals surface area contributed by atoms with Crippen molar-refractivity contribution in [2.24, 2.45) is 17.3 Å². The van der Waals surface area contributed by atoms with Crippen LogP contribution in [0.1, 0.15) is 38.7 Å². The second-order valence-corrected chi connectivity index (χ2v) is 6.91. The van der Waals surface area contributed by atoms with Gasteiger partial charge in [0, 0.05) is 6.42 Å². The maximum Gasteiger partial charge on any atom is 0.152 e. The second-order valence-electron chi connectivity index (χ2n) is 6.91. The fraction of sp³-hybridized carbons (Fsp3) is 0.474. The molecule has 0 aliphatic heterocycles. The van der Waals surface area contributed by atoms with E-state index in [0.717, 1.165) is 17.6 Å². The number of ketones is 1. The number of carbonyl (C=O) groups is 1. The van der Waals surface area contributed by atoms with Crippen molar-refractivity contribution in [3.63, 3.8) is 0 Å². The van der Waals surface area contributed by atoms with Crippen LogP contribution in [0.15, 0.2) is 42.0 Å². The van der Waals surface area contributed by atoms with Crippen molar-refractivity contribution >= 4 is 5.78 Å². The van der Waals surface area contributed by atoms with Crippen LogP contribution >= 0.6 is 0 Å². The van der Waals surface area contributed by atoms with Crippen LogP contribution in [0.4, 0.5) is 0 Å². The summed E-state index contributed by atoms with van der Waals surface area (Å²) in [5, 5.41) is 21.2. The number of fused-ring (bicyclic) bond motifs is 2. The normalized spacial score (nSPS) is 38.7. The van der Waals surface area contributed by atoms with Crippen molar-refractivity contribution < 1.29 is 9.90 Å². The summed E-state index contributed by atoms with van der Waals surface area (Å²) in [7, 11) is 0. The Hall–Kier alpha value is -1.92. The molecule has 2 fully saturated rings. The first-order chi connectivity index (χ1) is 10.4. The molecule has 2 bridgehead atoms. The van der Waals surface area contributed by atoms with Crippen molar-refractivity contribution in [3.8, 4) is 6.07 Å². The van der Waals surface area contributed by atoms with Crippen LogP contribution in [0, 0.1) is 28.6 Å². The van der Waals surface area contributed by atoms with Gasteiger partial charge in [-0.05, 0) is 48.8 Å². The van der Waals surface area contributed by atoms with E-state index in [-0.39, 0.29) is 17.6 Å². The van der Waals surface area contributed by atoms with Crippen molar-refractivity contribution in [1.29, 1.82) is 5.26 Å². The molecule has 0 heterocycles. The molecule has 2 aliphatic carbocycles. The van der Waals surface area contributed by atoms with E-state index in [1.807, 2.05) is 30.3 Å². The molecule has 1 aromatic carbocycles. The molecule has 0 saturated heterocycles. The standard InChI is InChI=1S/C19H21NO2/c1-13-8-16-10-18(12-20,17(13)9-14(2)21)11-19(16,22)15-6-4-3-5-7-15/h3-7,9,13,16,22H,8,10-11H2,1-2H3/b17-9+/t13?,16?,18-,19?/m0/s1. The fourth-order valence-corrected chi connectivity index (χ4v) is 4.50.